The van der Waals surface area contributed by atoms with Crippen molar-refractivity contribution in [3.63, 3.8) is 0 Å². The number of benzene rings is 2. The van der Waals surface area contributed by atoms with Gasteiger partial charge in [-0.3, -0.25) is 10.4 Å². The van der Waals surface area contributed by atoms with Gasteiger partial charge in [-0.25, -0.2) is 0 Å². The Balaban J connectivity index is 1.50. The number of hydrogen-bond donors (Lipinski definition) is 3. The van der Waals surface area contributed by atoms with E-state index < -0.39 is 0 Å². The molecule has 0 unspecified atom stereocenters. The number of amidine groups is 1. The van der Waals surface area contributed by atoms with Crippen molar-refractivity contribution in [1.29, 1.82) is 5.41 Å². The van der Waals surface area contributed by atoms with Crippen molar-refractivity contribution in [2.24, 2.45) is 10.7 Å². The Bertz CT molecular complexity index is 1040. The van der Waals surface area contributed by atoms with Crippen LogP contribution in [0, 0.1) is 5.41 Å². The van der Waals surface area contributed by atoms with Crippen LogP contribution in [0.1, 0.15) is 37.0 Å². The van der Waals surface area contributed by atoms with Gasteiger partial charge < -0.3 is 25.8 Å². The Hall–Kier alpha value is -3.32. The molecule has 1 saturated heterocycles. The van der Waals surface area contributed by atoms with Gasteiger partial charge in [0.15, 0.2) is 0 Å². The smallest absolute Gasteiger partial charge is 0.125 e. The van der Waals surface area contributed by atoms with E-state index in [2.05, 4.69) is 28.9 Å². The third kappa shape index (κ3) is 4.94. The van der Waals surface area contributed by atoms with E-state index in [-0.39, 0.29) is 17.4 Å². The van der Waals surface area contributed by atoms with Crippen LogP contribution in [0.15, 0.2) is 65.3 Å². The van der Waals surface area contributed by atoms with Crippen molar-refractivity contribution in [2.75, 3.05) is 32.5 Å². The minimum absolute atomic E-state index is 0.0379. The standard InChI is InChI=1S/C25H31N5O2/c1-25(10-11-25)32-18-8-9-20(26)19(14-18)24(28)21(27)15-23(29-2)30-12-13-31-22(16-30)17-6-4-3-5-7-17/h3-9,14-15,22,28H,10-13,16,26-27H2,1-2H3/t22-/m1/s1. The molecule has 1 aliphatic carbocycles. The molecule has 2 fully saturated rings. The molecule has 4 rings (SSSR count). The average molecular weight is 434 g/mol. The molecule has 1 heterocycles. The van der Waals surface area contributed by atoms with Gasteiger partial charge in [-0.15, -0.1) is 0 Å². The van der Waals surface area contributed by atoms with E-state index in [1.54, 1.807) is 25.3 Å². The topological polar surface area (TPSA) is 110 Å². The van der Waals surface area contributed by atoms with E-state index in [0.717, 1.165) is 18.4 Å². The van der Waals surface area contributed by atoms with Crippen LogP contribution in [0.5, 0.6) is 5.75 Å². The van der Waals surface area contributed by atoms with Gasteiger partial charge >= 0.3 is 0 Å². The molecule has 1 saturated carbocycles. The third-order valence-corrected chi connectivity index (χ3v) is 5.98. The van der Waals surface area contributed by atoms with Crippen molar-refractivity contribution in [2.45, 2.75) is 31.5 Å². The SMILES string of the molecule is CN=C(C=C(N)C(=N)c1cc(OC2(C)CC2)ccc1N)N1CCO[C@@H](c2ccccc2)C1. The van der Waals surface area contributed by atoms with E-state index in [4.69, 9.17) is 26.4 Å². The Labute approximate surface area is 189 Å². The maximum Gasteiger partial charge on any atom is 0.125 e. The zero-order chi connectivity index (χ0) is 22.7. The fourth-order valence-electron chi connectivity index (χ4n) is 3.77. The summed E-state index contributed by atoms with van der Waals surface area (Å²) in [7, 11) is 1.73. The van der Waals surface area contributed by atoms with Crippen molar-refractivity contribution in [3.8, 4) is 5.75 Å². The van der Waals surface area contributed by atoms with Crippen LogP contribution in [0.2, 0.25) is 0 Å². The maximum atomic E-state index is 8.65. The van der Waals surface area contributed by atoms with Crippen molar-refractivity contribution < 1.29 is 9.47 Å². The summed E-state index contributed by atoms with van der Waals surface area (Å²) < 4.78 is 12.0. The average Bonchev–Trinajstić information content (AvgIpc) is 3.55. The van der Waals surface area contributed by atoms with E-state index in [1.807, 2.05) is 24.3 Å². The summed E-state index contributed by atoms with van der Waals surface area (Å²) in [6.45, 7) is 4.04. The van der Waals surface area contributed by atoms with Gasteiger partial charge in [-0.2, -0.15) is 0 Å². The number of rotatable bonds is 6. The second-order valence-corrected chi connectivity index (χ2v) is 8.57. The quantitative estimate of drug-likeness (QED) is 0.367. The van der Waals surface area contributed by atoms with Crippen LogP contribution in [0.25, 0.3) is 0 Å². The highest BCUT2D eigenvalue weighted by atomic mass is 16.5. The first-order valence-electron chi connectivity index (χ1n) is 10.9. The predicted molar refractivity (Wildman–Crippen MR) is 128 cm³/mol. The molecule has 168 valence electrons. The molecule has 2 aromatic rings. The maximum absolute atomic E-state index is 8.65. The number of nitrogens with two attached hydrogens (primary N) is 2. The predicted octanol–water partition coefficient (Wildman–Crippen LogP) is 3.51. The zero-order valence-corrected chi connectivity index (χ0v) is 18.7. The first kappa shape index (κ1) is 21.9. The van der Waals surface area contributed by atoms with E-state index in [9.17, 15) is 0 Å². The molecule has 0 radical (unpaired) electrons. The van der Waals surface area contributed by atoms with Crippen LogP contribution in [-0.4, -0.2) is 48.8 Å². The summed E-state index contributed by atoms with van der Waals surface area (Å²) in [5.74, 6) is 1.42. The molecule has 2 aromatic carbocycles. The van der Waals surface area contributed by atoms with Crippen LogP contribution in [-0.2, 0) is 4.74 Å². The van der Waals surface area contributed by atoms with Gasteiger partial charge in [-0.1, -0.05) is 30.3 Å². The number of nitrogens with one attached hydrogen (secondary N) is 1. The number of anilines is 1. The minimum atomic E-state index is -0.107. The summed E-state index contributed by atoms with van der Waals surface area (Å²) in [6, 6.07) is 15.5. The van der Waals surface area contributed by atoms with E-state index in [0.29, 0.717) is 48.2 Å². The van der Waals surface area contributed by atoms with Crippen molar-refractivity contribution in [1.82, 2.24) is 4.90 Å². The van der Waals surface area contributed by atoms with Gasteiger partial charge in [0.25, 0.3) is 0 Å². The fraction of sp³-hybridized carbons (Fsp3) is 0.360. The summed E-state index contributed by atoms with van der Waals surface area (Å²) in [4.78, 5) is 6.57. The first-order chi connectivity index (χ1) is 15.4. The third-order valence-electron chi connectivity index (χ3n) is 5.98. The first-order valence-corrected chi connectivity index (χ1v) is 10.9. The van der Waals surface area contributed by atoms with Crippen molar-refractivity contribution in [3.05, 3.63) is 71.4 Å². The monoisotopic (exact) mass is 433 g/mol. The number of nitrogen functional groups attached to an aromatic ring is 1. The Kier molecular flexibility index (Phi) is 6.19. The number of aliphatic imine (C=N–C) groups is 1. The highest BCUT2D eigenvalue weighted by Gasteiger charge is 2.40. The van der Waals surface area contributed by atoms with Crippen LogP contribution in [0.3, 0.4) is 0 Å². The molecule has 2 aliphatic rings. The summed E-state index contributed by atoms with van der Waals surface area (Å²) >= 11 is 0. The summed E-state index contributed by atoms with van der Waals surface area (Å²) in [6.07, 6.45) is 3.77. The second kappa shape index (κ2) is 9.04. The summed E-state index contributed by atoms with van der Waals surface area (Å²) in [5, 5.41) is 8.65. The van der Waals surface area contributed by atoms with E-state index in [1.165, 1.54) is 0 Å². The van der Waals surface area contributed by atoms with Gasteiger partial charge in [0.1, 0.15) is 23.3 Å². The number of hydrogen-bond acceptors (Lipinski definition) is 6. The molecule has 1 atom stereocenters. The van der Waals surface area contributed by atoms with Crippen molar-refractivity contribution >= 4 is 17.2 Å². The lowest BCUT2D eigenvalue weighted by Gasteiger charge is -2.34. The molecule has 0 aromatic heterocycles. The molecule has 0 amide bonds. The van der Waals surface area contributed by atoms with Gasteiger partial charge in [0.05, 0.1) is 18.0 Å². The Morgan fingerprint density at radius 1 is 1.25 bits per heavy atom. The van der Waals surface area contributed by atoms with Crippen LogP contribution >= 0.6 is 0 Å². The molecule has 7 nitrogen and oxygen atoms in total. The molecule has 5 N–H and O–H groups in total. The molecule has 7 heteroatoms. The lowest BCUT2D eigenvalue weighted by Crippen LogP contribution is -2.42. The number of ether oxygens (including phenoxy) is 2. The molecule has 0 spiro atoms. The molecule has 1 aliphatic heterocycles. The van der Waals surface area contributed by atoms with E-state index >= 15 is 0 Å². The fourth-order valence-corrected chi connectivity index (χ4v) is 3.77. The molecular formula is C25H31N5O2. The minimum Gasteiger partial charge on any atom is -0.488 e. The van der Waals surface area contributed by atoms with Gasteiger partial charge in [-0.05, 0) is 43.5 Å². The number of allylic oxidation sites excluding steroid dienone is 1. The number of morpholine rings is 1. The van der Waals surface area contributed by atoms with Crippen LogP contribution < -0.4 is 16.2 Å². The highest BCUT2D eigenvalue weighted by Crippen LogP contribution is 2.40. The molecule has 32 heavy (non-hydrogen) atoms. The summed E-state index contributed by atoms with van der Waals surface area (Å²) in [5.41, 5.74) is 15.0. The molecular weight excluding hydrogens is 402 g/mol. The van der Waals surface area contributed by atoms with Crippen LogP contribution in [0.4, 0.5) is 5.69 Å². The Morgan fingerprint density at radius 2 is 2.00 bits per heavy atom. The second-order valence-electron chi connectivity index (χ2n) is 8.57. The van der Waals surface area contributed by atoms with Gasteiger partial charge in [0.2, 0.25) is 0 Å². The number of nitrogens with zero attached hydrogens (tertiary/aromatic N) is 2. The highest BCUT2D eigenvalue weighted by molar-refractivity contribution is 6.15. The largest absolute Gasteiger partial charge is 0.488 e. The lowest BCUT2D eigenvalue weighted by molar-refractivity contribution is -0.00662. The Morgan fingerprint density at radius 3 is 2.69 bits per heavy atom. The molecule has 0 bridgehead atoms. The normalized spacial score (nSPS) is 20.7. The lowest BCUT2D eigenvalue weighted by atomic mass is 10.0. The van der Waals surface area contributed by atoms with Gasteiger partial charge in [0, 0.05) is 37.5 Å². The zero-order valence-electron chi connectivity index (χ0n) is 18.7.